The number of halogens is 1. The van der Waals surface area contributed by atoms with Gasteiger partial charge < -0.3 is 9.47 Å². The van der Waals surface area contributed by atoms with Gasteiger partial charge in [0.1, 0.15) is 0 Å². The molecule has 0 spiro atoms. The molecule has 0 radical (unpaired) electrons. The van der Waals surface area contributed by atoms with Gasteiger partial charge in [0.25, 0.3) is 5.69 Å². The Morgan fingerprint density at radius 3 is 2.76 bits per heavy atom. The third kappa shape index (κ3) is 3.71. The fraction of sp³-hybridized carbons (Fsp3) is 0.300. The predicted molar refractivity (Wildman–Crippen MR) is 55.2 cm³/mol. The standard InChI is InChI=1S/C10H10FNO5/c1-16-10(13)4-5-17-9-3-2-7(12(14)15)6-8(9)11/h2-3,6H,4-5H2,1H3. The smallest absolute Gasteiger partial charge is 0.308 e. The Labute approximate surface area is 96.1 Å². The predicted octanol–water partition coefficient (Wildman–Crippen LogP) is 1.68. The number of carbonyl (C=O) groups is 1. The highest BCUT2D eigenvalue weighted by Gasteiger charge is 2.11. The van der Waals surface area contributed by atoms with Crippen molar-refractivity contribution in [1.82, 2.24) is 0 Å². The van der Waals surface area contributed by atoms with Crippen molar-refractivity contribution >= 4 is 11.7 Å². The molecule has 0 N–H and O–H groups in total. The van der Waals surface area contributed by atoms with Gasteiger partial charge in [-0.15, -0.1) is 0 Å². The first-order valence-electron chi connectivity index (χ1n) is 4.68. The van der Waals surface area contributed by atoms with Crippen LogP contribution in [0.15, 0.2) is 18.2 Å². The van der Waals surface area contributed by atoms with Crippen molar-refractivity contribution in [2.75, 3.05) is 13.7 Å². The van der Waals surface area contributed by atoms with Crippen LogP contribution in [0.4, 0.5) is 10.1 Å². The van der Waals surface area contributed by atoms with Crippen molar-refractivity contribution in [2.45, 2.75) is 6.42 Å². The lowest BCUT2D eigenvalue weighted by atomic mass is 10.3. The topological polar surface area (TPSA) is 78.7 Å². The molecule has 0 heterocycles. The van der Waals surface area contributed by atoms with Crippen LogP contribution in [0.25, 0.3) is 0 Å². The molecule has 0 aliphatic carbocycles. The summed E-state index contributed by atoms with van der Waals surface area (Å²) < 4.78 is 22.6. The fourth-order valence-corrected chi connectivity index (χ4v) is 1.07. The van der Waals surface area contributed by atoms with Gasteiger partial charge in [-0.1, -0.05) is 0 Å². The quantitative estimate of drug-likeness (QED) is 0.446. The second-order valence-corrected chi connectivity index (χ2v) is 3.05. The van der Waals surface area contributed by atoms with Crippen LogP contribution in [0.5, 0.6) is 5.75 Å². The Kier molecular flexibility index (Phi) is 4.38. The summed E-state index contributed by atoms with van der Waals surface area (Å²) in [5.41, 5.74) is -0.359. The van der Waals surface area contributed by atoms with Crippen LogP contribution in [-0.2, 0) is 9.53 Å². The minimum atomic E-state index is -0.843. The molecule has 1 aromatic rings. The molecule has 92 valence electrons. The number of benzene rings is 1. The van der Waals surface area contributed by atoms with Crippen molar-refractivity contribution in [2.24, 2.45) is 0 Å². The molecule has 0 saturated heterocycles. The largest absolute Gasteiger partial charge is 0.490 e. The first-order valence-corrected chi connectivity index (χ1v) is 4.68. The molecule has 17 heavy (non-hydrogen) atoms. The van der Waals surface area contributed by atoms with Crippen molar-refractivity contribution in [3.8, 4) is 5.75 Å². The number of non-ortho nitro benzene ring substituents is 1. The second-order valence-electron chi connectivity index (χ2n) is 3.05. The molecule has 7 heteroatoms. The number of methoxy groups -OCH3 is 1. The number of hydrogen-bond acceptors (Lipinski definition) is 5. The van der Waals surface area contributed by atoms with E-state index in [1.54, 1.807) is 0 Å². The van der Waals surface area contributed by atoms with Gasteiger partial charge in [0.05, 0.1) is 31.1 Å². The number of esters is 1. The van der Waals surface area contributed by atoms with E-state index >= 15 is 0 Å². The lowest BCUT2D eigenvalue weighted by molar-refractivity contribution is -0.385. The molecule has 0 fully saturated rings. The van der Waals surface area contributed by atoms with Crippen molar-refractivity contribution in [3.63, 3.8) is 0 Å². The molecule has 0 aliphatic rings. The van der Waals surface area contributed by atoms with Crippen LogP contribution in [0.3, 0.4) is 0 Å². The second kappa shape index (κ2) is 5.78. The average Bonchev–Trinajstić information content (AvgIpc) is 2.30. The summed E-state index contributed by atoms with van der Waals surface area (Å²) in [6, 6.07) is 3.02. The summed E-state index contributed by atoms with van der Waals surface area (Å²) in [5.74, 6) is -1.46. The lowest BCUT2D eigenvalue weighted by Crippen LogP contribution is -2.08. The zero-order valence-electron chi connectivity index (χ0n) is 9.01. The third-order valence-electron chi connectivity index (χ3n) is 1.92. The van der Waals surface area contributed by atoms with E-state index in [0.29, 0.717) is 0 Å². The normalized spacial score (nSPS) is 9.76. The van der Waals surface area contributed by atoms with Gasteiger partial charge in [0, 0.05) is 6.07 Å². The van der Waals surface area contributed by atoms with Gasteiger partial charge in [-0.2, -0.15) is 0 Å². The van der Waals surface area contributed by atoms with Crippen molar-refractivity contribution < 1.29 is 23.6 Å². The molecule has 6 nitrogen and oxygen atoms in total. The van der Waals surface area contributed by atoms with Gasteiger partial charge >= 0.3 is 5.97 Å². The maximum atomic E-state index is 13.3. The van der Waals surface area contributed by atoms with E-state index in [1.807, 2.05) is 0 Å². The number of carbonyl (C=O) groups excluding carboxylic acids is 1. The van der Waals surface area contributed by atoms with Gasteiger partial charge in [-0.25, -0.2) is 4.39 Å². The highest BCUT2D eigenvalue weighted by molar-refractivity contribution is 5.69. The maximum absolute atomic E-state index is 13.3. The number of nitro benzene ring substituents is 1. The molecule has 0 bridgehead atoms. The average molecular weight is 243 g/mol. The molecule has 0 aromatic heterocycles. The van der Waals surface area contributed by atoms with E-state index in [9.17, 15) is 19.3 Å². The number of rotatable bonds is 5. The van der Waals surface area contributed by atoms with E-state index in [1.165, 1.54) is 7.11 Å². The molecule has 0 saturated carbocycles. The number of hydrogen-bond donors (Lipinski definition) is 0. The molecular formula is C10H10FNO5. The zero-order valence-corrected chi connectivity index (χ0v) is 9.01. The molecule has 1 aromatic carbocycles. The monoisotopic (exact) mass is 243 g/mol. The van der Waals surface area contributed by atoms with Crippen LogP contribution in [0, 0.1) is 15.9 Å². The summed E-state index contributed by atoms with van der Waals surface area (Å²) >= 11 is 0. The Bertz CT molecular complexity index is 435. The van der Waals surface area contributed by atoms with Crippen LogP contribution in [0.2, 0.25) is 0 Å². The lowest BCUT2D eigenvalue weighted by Gasteiger charge is -2.05. The first kappa shape index (κ1) is 12.9. The Morgan fingerprint density at radius 1 is 1.53 bits per heavy atom. The van der Waals surface area contributed by atoms with Crippen LogP contribution < -0.4 is 4.74 Å². The SMILES string of the molecule is COC(=O)CCOc1ccc([N+](=O)[O-])cc1F. The van der Waals surface area contributed by atoms with Gasteiger partial charge in [0.15, 0.2) is 11.6 Å². The van der Waals surface area contributed by atoms with Gasteiger partial charge in [-0.05, 0) is 6.07 Å². The molecular weight excluding hydrogens is 233 g/mol. The highest BCUT2D eigenvalue weighted by atomic mass is 19.1. The summed E-state index contributed by atoms with van der Waals surface area (Å²) in [4.78, 5) is 20.4. The number of ether oxygens (including phenoxy) is 2. The Hall–Kier alpha value is -2.18. The summed E-state index contributed by atoms with van der Waals surface area (Å²) in [6.07, 6.45) is -0.0209. The van der Waals surface area contributed by atoms with E-state index in [-0.39, 0.29) is 24.5 Å². The highest BCUT2D eigenvalue weighted by Crippen LogP contribution is 2.22. The summed E-state index contributed by atoms with van der Waals surface area (Å²) in [6.45, 7) is -0.0542. The van der Waals surface area contributed by atoms with Crippen LogP contribution in [-0.4, -0.2) is 24.6 Å². The molecule has 1 rings (SSSR count). The minimum Gasteiger partial charge on any atom is -0.490 e. The van der Waals surface area contributed by atoms with Crippen LogP contribution in [0.1, 0.15) is 6.42 Å². The Balaban J connectivity index is 2.60. The van der Waals surface area contributed by atoms with E-state index < -0.39 is 16.7 Å². The fourth-order valence-electron chi connectivity index (χ4n) is 1.07. The summed E-state index contributed by atoms with van der Waals surface area (Å²) in [5, 5.41) is 10.3. The van der Waals surface area contributed by atoms with E-state index in [2.05, 4.69) is 4.74 Å². The molecule has 0 unspecified atom stereocenters. The zero-order chi connectivity index (χ0) is 12.8. The van der Waals surface area contributed by atoms with Crippen LogP contribution >= 0.6 is 0 Å². The van der Waals surface area contributed by atoms with Crippen molar-refractivity contribution in [3.05, 3.63) is 34.1 Å². The third-order valence-corrected chi connectivity index (χ3v) is 1.92. The molecule has 0 aliphatic heterocycles. The van der Waals surface area contributed by atoms with E-state index in [4.69, 9.17) is 4.74 Å². The number of nitrogens with zero attached hydrogens (tertiary/aromatic N) is 1. The summed E-state index contributed by atoms with van der Waals surface area (Å²) in [7, 11) is 1.23. The van der Waals surface area contributed by atoms with Gasteiger partial charge in [-0.3, -0.25) is 14.9 Å². The first-order chi connectivity index (χ1) is 8.04. The molecule has 0 amide bonds. The Morgan fingerprint density at radius 2 is 2.24 bits per heavy atom. The maximum Gasteiger partial charge on any atom is 0.308 e. The minimum absolute atomic E-state index is 0.0209. The number of nitro groups is 1. The van der Waals surface area contributed by atoms with Gasteiger partial charge in [0.2, 0.25) is 0 Å². The van der Waals surface area contributed by atoms with E-state index in [0.717, 1.165) is 18.2 Å². The molecule has 0 atom stereocenters. The van der Waals surface area contributed by atoms with Crippen molar-refractivity contribution in [1.29, 1.82) is 0 Å².